The van der Waals surface area contributed by atoms with Crippen LogP contribution in [0, 0.1) is 0 Å². The number of halogens is 1. The molecule has 5 rings (SSSR count). The molecule has 33 heavy (non-hydrogen) atoms. The summed E-state index contributed by atoms with van der Waals surface area (Å²) < 4.78 is 7.67. The van der Waals surface area contributed by atoms with Crippen molar-refractivity contribution in [3.8, 4) is 0 Å². The molecule has 2 aliphatic heterocycles. The molecule has 3 atom stereocenters. The van der Waals surface area contributed by atoms with Crippen molar-refractivity contribution in [1.82, 2.24) is 4.90 Å². The van der Waals surface area contributed by atoms with Crippen LogP contribution in [0.5, 0.6) is 0 Å². The van der Waals surface area contributed by atoms with Gasteiger partial charge in [-0.15, -0.1) is 0 Å². The molecule has 6 heteroatoms. The van der Waals surface area contributed by atoms with E-state index in [-0.39, 0.29) is 36.7 Å². The quantitative estimate of drug-likeness (QED) is 0.401. The summed E-state index contributed by atoms with van der Waals surface area (Å²) in [5, 5.41) is 3.69. The SMILES string of the molecule is C=C(Br)CN1CC[C@]23C(=C(C(=O)OC)C[C@@](CC)([Se]c4ccccc4)[C@H]12)Nc1ccccc13. The van der Waals surface area contributed by atoms with E-state index >= 15 is 0 Å². The van der Waals surface area contributed by atoms with Crippen LogP contribution in [0.3, 0.4) is 0 Å². The maximum atomic E-state index is 13.2. The monoisotopic (exact) mass is 572 g/mol. The number of hydrogen-bond acceptors (Lipinski definition) is 4. The number of nitrogens with zero attached hydrogens (tertiary/aromatic N) is 1. The van der Waals surface area contributed by atoms with Gasteiger partial charge in [-0.2, -0.15) is 0 Å². The van der Waals surface area contributed by atoms with E-state index < -0.39 is 0 Å². The zero-order valence-corrected chi connectivity index (χ0v) is 22.4. The Morgan fingerprint density at radius 1 is 1.24 bits per heavy atom. The summed E-state index contributed by atoms with van der Waals surface area (Å²) in [7, 11) is 1.50. The van der Waals surface area contributed by atoms with Gasteiger partial charge in [0.2, 0.25) is 0 Å². The average molecular weight is 572 g/mol. The first-order valence-electron chi connectivity index (χ1n) is 11.4. The summed E-state index contributed by atoms with van der Waals surface area (Å²) in [5.74, 6) is -0.201. The van der Waals surface area contributed by atoms with Crippen molar-refractivity contribution in [1.29, 1.82) is 0 Å². The van der Waals surface area contributed by atoms with Gasteiger partial charge in [-0.05, 0) is 0 Å². The second kappa shape index (κ2) is 8.74. The van der Waals surface area contributed by atoms with E-state index in [4.69, 9.17) is 4.74 Å². The third-order valence-corrected chi connectivity index (χ3v) is 11.0. The van der Waals surface area contributed by atoms with E-state index in [9.17, 15) is 4.79 Å². The van der Waals surface area contributed by atoms with Gasteiger partial charge in [0.1, 0.15) is 0 Å². The van der Waals surface area contributed by atoms with Gasteiger partial charge in [0.05, 0.1) is 0 Å². The molecule has 2 aromatic rings. The van der Waals surface area contributed by atoms with Crippen LogP contribution in [0.25, 0.3) is 0 Å². The predicted molar refractivity (Wildman–Crippen MR) is 138 cm³/mol. The maximum absolute atomic E-state index is 13.2. The van der Waals surface area contributed by atoms with Gasteiger partial charge < -0.3 is 0 Å². The molecule has 0 saturated carbocycles. The van der Waals surface area contributed by atoms with Crippen LogP contribution in [0.4, 0.5) is 5.69 Å². The van der Waals surface area contributed by atoms with Gasteiger partial charge >= 0.3 is 211 Å². The number of carbonyl (C=O) groups excluding carboxylic acids is 1. The number of nitrogens with one attached hydrogen (secondary N) is 1. The molecule has 1 aliphatic carbocycles. The Balaban J connectivity index is 1.76. The number of rotatable bonds is 6. The zero-order chi connectivity index (χ0) is 23.2. The molecule has 1 spiro atoms. The topological polar surface area (TPSA) is 41.6 Å². The Labute approximate surface area is 210 Å². The third kappa shape index (κ3) is 3.54. The molecule has 172 valence electrons. The molecule has 0 amide bonds. The molecule has 2 aromatic carbocycles. The molecule has 0 aromatic heterocycles. The Hall–Kier alpha value is -1.85. The first-order valence-corrected chi connectivity index (χ1v) is 14.0. The van der Waals surface area contributed by atoms with E-state index in [1.54, 1.807) is 0 Å². The zero-order valence-electron chi connectivity index (χ0n) is 19.1. The fourth-order valence-corrected chi connectivity index (χ4v) is 9.96. The number of anilines is 1. The fourth-order valence-electron chi connectivity index (χ4n) is 6.31. The van der Waals surface area contributed by atoms with Crippen LogP contribution in [0.1, 0.15) is 31.7 Å². The predicted octanol–water partition coefficient (Wildman–Crippen LogP) is 4.76. The molecular weight excluding hydrogens is 543 g/mol. The van der Waals surface area contributed by atoms with Gasteiger partial charge in [0.15, 0.2) is 0 Å². The first kappa shape index (κ1) is 22.9. The molecule has 0 radical (unpaired) electrons. The normalized spacial score (nSPS) is 28.0. The van der Waals surface area contributed by atoms with E-state index in [1.165, 1.54) is 17.1 Å². The van der Waals surface area contributed by atoms with Crippen molar-refractivity contribution in [2.45, 2.75) is 42.0 Å². The van der Waals surface area contributed by atoms with E-state index in [1.807, 2.05) is 0 Å². The van der Waals surface area contributed by atoms with Crippen molar-refractivity contribution < 1.29 is 9.53 Å². The molecule has 0 bridgehead atoms. The van der Waals surface area contributed by atoms with Gasteiger partial charge in [-0.1, -0.05) is 0 Å². The number of methoxy groups -OCH3 is 1. The van der Waals surface area contributed by atoms with Crippen LogP contribution in [-0.2, 0) is 14.9 Å². The summed E-state index contributed by atoms with van der Waals surface area (Å²) >= 11 is 3.81. The molecule has 3 aliphatic rings. The van der Waals surface area contributed by atoms with Crippen LogP contribution in [-0.4, -0.2) is 52.1 Å². The Kier molecular flexibility index (Phi) is 6.07. The fraction of sp³-hybridized carbons (Fsp3) is 0.370. The summed E-state index contributed by atoms with van der Waals surface area (Å²) in [5.41, 5.74) is 4.08. The number of likely N-dealkylation sites (tertiary alicyclic amines) is 1. The summed E-state index contributed by atoms with van der Waals surface area (Å²) in [6, 6.07) is 19.7. The van der Waals surface area contributed by atoms with Crippen molar-refractivity contribution in [2.24, 2.45) is 0 Å². The minimum atomic E-state index is -0.243. The van der Waals surface area contributed by atoms with Crippen LogP contribution in [0.2, 0.25) is 4.31 Å². The molecule has 1 N–H and O–H groups in total. The number of benzene rings is 2. The standard InChI is InChI=1S/C27H29BrN2O2Se/c1-4-26(33-19-10-6-5-7-11-19)16-20(24(31)32-3)23-27(21-12-8-9-13-22(21)29-23)14-15-30(25(26)27)17-18(2)28/h5-13,25,29H,2,4,14-17H2,1,3H3/t25-,26+,27-/m0/s1. The number of ether oxygens (including phenoxy) is 1. The summed E-state index contributed by atoms with van der Waals surface area (Å²) in [4.78, 5) is 15.8. The van der Waals surface area contributed by atoms with Crippen molar-refractivity contribution in [2.75, 3.05) is 25.5 Å². The number of carbonyl (C=O) groups is 1. The van der Waals surface area contributed by atoms with Gasteiger partial charge in [-0.25, -0.2) is 0 Å². The second-order valence-electron chi connectivity index (χ2n) is 9.14. The van der Waals surface area contributed by atoms with Gasteiger partial charge in [-0.3, -0.25) is 0 Å². The number of para-hydroxylation sites is 1. The van der Waals surface area contributed by atoms with Crippen molar-refractivity contribution >= 4 is 47.0 Å². The Morgan fingerprint density at radius 3 is 2.67 bits per heavy atom. The molecule has 1 saturated heterocycles. The van der Waals surface area contributed by atoms with Gasteiger partial charge in [0.25, 0.3) is 0 Å². The molecule has 4 nitrogen and oxygen atoms in total. The van der Waals surface area contributed by atoms with Crippen LogP contribution in [0.15, 0.2) is 76.9 Å². The van der Waals surface area contributed by atoms with E-state index in [0.717, 1.165) is 53.8 Å². The summed E-state index contributed by atoms with van der Waals surface area (Å²) in [6.45, 7) is 8.25. The van der Waals surface area contributed by atoms with E-state index in [2.05, 4.69) is 94.2 Å². The van der Waals surface area contributed by atoms with Crippen LogP contribution < -0.4 is 9.78 Å². The third-order valence-electron chi connectivity index (χ3n) is 7.48. The second-order valence-corrected chi connectivity index (χ2v) is 13.4. The molecule has 1 fully saturated rings. The minimum absolute atomic E-state index is 0.0561. The molecular formula is C27H29BrN2O2Se. The average Bonchev–Trinajstić information content (AvgIpc) is 3.37. The Bertz CT molecular complexity index is 1130. The summed E-state index contributed by atoms with van der Waals surface area (Å²) in [6.07, 6.45) is 2.69. The molecule has 0 unspecified atom stereocenters. The van der Waals surface area contributed by atoms with Crippen molar-refractivity contribution in [3.05, 3.63) is 82.5 Å². The van der Waals surface area contributed by atoms with Gasteiger partial charge in [0, 0.05) is 0 Å². The van der Waals surface area contributed by atoms with Crippen LogP contribution >= 0.6 is 15.9 Å². The Morgan fingerprint density at radius 2 is 1.97 bits per heavy atom. The van der Waals surface area contributed by atoms with E-state index in [0.29, 0.717) is 0 Å². The number of esters is 1. The van der Waals surface area contributed by atoms with Crippen molar-refractivity contribution in [3.63, 3.8) is 0 Å². The number of hydrogen-bond donors (Lipinski definition) is 1. The first-order chi connectivity index (χ1) is 15.9. The number of fused-ring (bicyclic) bond motifs is 1. The molecule has 2 heterocycles.